The Hall–Kier alpha value is -1.41. The van der Waals surface area contributed by atoms with E-state index in [0.717, 1.165) is 0 Å². The van der Waals surface area contributed by atoms with Crippen molar-refractivity contribution in [3.8, 4) is 0 Å². The van der Waals surface area contributed by atoms with Gasteiger partial charge < -0.3 is 10.3 Å². The van der Waals surface area contributed by atoms with Crippen LogP contribution in [0.2, 0.25) is 0 Å². The molecule has 1 rings (SSSR count). The van der Waals surface area contributed by atoms with Crippen molar-refractivity contribution in [3.63, 3.8) is 0 Å². The molecule has 102 valence electrons. The Morgan fingerprint density at radius 3 is 2.44 bits per heavy atom. The minimum absolute atomic E-state index is 0.0717. The molecule has 7 nitrogen and oxygen atoms in total. The standard InChI is InChI=1S/C10H19N5O2S/c1-4-10(5-2,9(11)12)14-18(16,17)8-6-15(3)7-13-8/h6-7,14H,4-5H2,1-3H3,(H3,11,12). The van der Waals surface area contributed by atoms with Gasteiger partial charge in [0.05, 0.1) is 11.9 Å². The average molecular weight is 273 g/mol. The van der Waals surface area contributed by atoms with E-state index in [1.807, 2.05) is 0 Å². The summed E-state index contributed by atoms with van der Waals surface area (Å²) in [5, 5.41) is 7.50. The van der Waals surface area contributed by atoms with Gasteiger partial charge in [-0.3, -0.25) is 5.41 Å². The molecule has 0 aliphatic heterocycles. The van der Waals surface area contributed by atoms with Crippen LogP contribution in [-0.2, 0) is 17.1 Å². The number of sulfonamides is 1. The molecule has 0 fully saturated rings. The first kappa shape index (κ1) is 14.7. The van der Waals surface area contributed by atoms with Gasteiger partial charge in [0.15, 0.2) is 5.03 Å². The Morgan fingerprint density at radius 2 is 2.11 bits per heavy atom. The molecule has 4 N–H and O–H groups in total. The highest BCUT2D eigenvalue weighted by Gasteiger charge is 2.35. The molecule has 0 saturated heterocycles. The molecule has 0 amide bonds. The molecule has 0 atom stereocenters. The third-order valence-electron chi connectivity index (χ3n) is 3.01. The van der Waals surface area contributed by atoms with Crippen LogP contribution in [0.5, 0.6) is 0 Å². The molecule has 0 aliphatic rings. The van der Waals surface area contributed by atoms with Crippen molar-refractivity contribution in [1.29, 1.82) is 5.41 Å². The second-order valence-corrected chi connectivity index (χ2v) is 5.82. The van der Waals surface area contributed by atoms with Gasteiger partial charge in [-0.25, -0.2) is 13.4 Å². The van der Waals surface area contributed by atoms with Gasteiger partial charge in [-0.2, -0.15) is 4.72 Å². The topological polar surface area (TPSA) is 114 Å². The first-order valence-corrected chi connectivity index (χ1v) is 7.12. The van der Waals surface area contributed by atoms with Crippen LogP contribution in [0.1, 0.15) is 26.7 Å². The summed E-state index contributed by atoms with van der Waals surface area (Å²) < 4.78 is 28.3. The lowest BCUT2D eigenvalue weighted by Crippen LogP contribution is -2.56. The van der Waals surface area contributed by atoms with E-state index in [4.69, 9.17) is 11.1 Å². The number of amidine groups is 1. The van der Waals surface area contributed by atoms with Crippen LogP contribution < -0.4 is 10.5 Å². The van der Waals surface area contributed by atoms with Crippen molar-refractivity contribution < 1.29 is 8.42 Å². The number of hydrogen-bond donors (Lipinski definition) is 3. The molecule has 0 spiro atoms. The lowest BCUT2D eigenvalue weighted by molar-refractivity contribution is 0.457. The number of imidazole rings is 1. The van der Waals surface area contributed by atoms with Crippen LogP contribution in [0.25, 0.3) is 0 Å². The largest absolute Gasteiger partial charge is 0.386 e. The summed E-state index contributed by atoms with van der Waals surface area (Å²) in [6.07, 6.45) is 3.62. The van der Waals surface area contributed by atoms with Gasteiger partial charge in [0.25, 0.3) is 10.0 Å². The number of hydrogen-bond acceptors (Lipinski definition) is 4. The van der Waals surface area contributed by atoms with Crippen molar-refractivity contribution in [2.75, 3.05) is 0 Å². The van der Waals surface area contributed by atoms with Crippen LogP contribution in [-0.4, -0.2) is 29.3 Å². The van der Waals surface area contributed by atoms with Gasteiger partial charge in [0, 0.05) is 13.2 Å². The molecule has 0 saturated carbocycles. The van der Waals surface area contributed by atoms with Crippen molar-refractivity contribution in [1.82, 2.24) is 14.3 Å². The zero-order valence-corrected chi connectivity index (χ0v) is 11.6. The van der Waals surface area contributed by atoms with E-state index in [2.05, 4.69) is 9.71 Å². The summed E-state index contributed by atoms with van der Waals surface area (Å²) in [5.74, 6) is -0.188. The fraction of sp³-hybridized carbons (Fsp3) is 0.600. The van der Waals surface area contributed by atoms with Gasteiger partial charge in [-0.15, -0.1) is 0 Å². The van der Waals surface area contributed by atoms with Crippen molar-refractivity contribution in [3.05, 3.63) is 12.5 Å². The van der Waals surface area contributed by atoms with E-state index >= 15 is 0 Å². The molecular formula is C10H19N5O2S. The van der Waals surface area contributed by atoms with Crippen LogP contribution in [0.4, 0.5) is 0 Å². The fourth-order valence-electron chi connectivity index (χ4n) is 1.67. The molecule has 8 heteroatoms. The first-order chi connectivity index (χ1) is 8.27. The van der Waals surface area contributed by atoms with E-state index < -0.39 is 15.6 Å². The quantitative estimate of drug-likeness (QED) is 0.507. The zero-order chi connectivity index (χ0) is 14.0. The molecule has 0 aromatic carbocycles. The molecule has 18 heavy (non-hydrogen) atoms. The monoisotopic (exact) mass is 273 g/mol. The second kappa shape index (κ2) is 5.07. The number of nitrogens with zero attached hydrogens (tertiary/aromatic N) is 2. The summed E-state index contributed by atoms with van der Waals surface area (Å²) >= 11 is 0. The predicted octanol–water partition coefficient (Wildman–Crippen LogP) is 0.193. The minimum Gasteiger partial charge on any atom is -0.386 e. The maximum Gasteiger partial charge on any atom is 0.260 e. The summed E-state index contributed by atoms with van der Waals surface area (Å²) in [5.41, 5.74) is 4.47. The van der Waals surface area contributed by atoms with Crippen LogP contribution in [0.15, 0.2) is 17.6 Å². The summed E-state index contributed by atoms with van der Waals surface area (Å²) in [6, 6.07) is 0. The number of rotatable bonds is 6. The second-order valence-electron chi connectivity index (χ2n) is 4.19. The summed E-state index contributed by atoms with van der Waals surface area (Å²) in [7, 11) is -2.08. The number of aryl methyl sites for hydroxylation is 1. The van der Waals surface area contributed by atoms with E-state index in [1.165, 1.54) is 12.5 Å². The lowest BCUT2D eigenvalue weighted by atomic mass is 9.93. The molecule has 1 aromatic rings. The van der Waals surface area contributed by atoms with E-state index in [-0.39, 0.29) is 10.9 Å². The molecule has 0 radical (unpaired) electrons. The molecule has 1 heterocycles. The Morgan fingerprint density at radius 1 is 1.56 bits per heavy atom. The van der Waals surface area contributed by atoms with Crippen LogP contribution >= 0.6 is 0 Å². The van der Waals surface area contributed by atoms with Crippen molar-refractivity contribution >= 4 is 15.9 Å². The Bertz CT molecular complexity index is 530. The van der Waals surface area contributed by atoms with Crippen molar-refractivity contribution in [2.45, 2.75) is 37.3 Å². The SMILES string of the molecule is CCC(CC)(NS(=O)(=O)c1cn(C)cn1)C(=N)N. The van der Waals surface area contributed by atoms with Gasteiger partial charge in [-0.05, 0) is 12.8 Å². The number of nitrogens with two attached hydrogens (primary N) is 1. The Balaban J connectivity index is 3.11. The molecule has 0 unspecified atom stereocenters. The fourth-order valence-corrected chi connectivity index (χ4v) is 3.18. The van der Waals surface area contributed by atoms with Crippen molar-refractivity contribution in [2.24, 2.45) is 12.8 Å². The third kappa shape index (κ3) is 2.70. The summed E-state index contributed by atoms with van der Waals surface area (Å²) in [6.45, 7) is 3.57. The van der Waals surface area contributed by atoms with E-state index in [9.17, 15) is 8.42 Å². The smallest absolute Gasteiger partial charge is 0.260 e. The Labute approximate surface area is 107 Å². The number of aromatic nitrogens is 2. The van der Waals surface area contributed by atoms with E-state index in [1.54, 1.807) is 25.5 Å². The highest BCUT2D eigenvalue weighted by atomic mass is 32.2. The zero-order valence-electron chi connectivity index (χ0n) is 10.8. The maximum atomic E-state index is 12.1. The van der Waals surface area contributed by atoms with Gasteiger partial charge in [0.2, 0.25) is 0 Å². The number of nitrogens with one attached hydrogen (secondary N) is 2. The maximum absolute atomic E-state index is 12.1. The average Bonchev–Trinajstić information content (AvgIpc) is 2.73. The van der Waals surface area contributed by atoms with Crippen LogP contribution in [0.3, 0.4) is 0 Å². The van der Waals surface area contributed by atoms with Gasteiger partial charge in [-0.1, -0.05) is 13.8 Å². The lowest BCUT2D eigenvalue weighted by Gasteiger charge is -2.30. The Kier molecular flexibility index (Phi) is 4.12. The highest BCUT2D eigenvalue weighted by Crippen LogP contribution is 2.18. The van der Waals surface area contributed by atoms with E-state index in [0.29, 0.717) is 12.8 Å². The first-order valence-electron chi connectivity index (χ1n) is 5.64. The normalized spacial score (nSPS) is 12.6. The van der Waals surface area contributed by atoms with Crippen LogP contribution in [0, 0.1) is 5.41 Å². The predicted molar refractivity (Wildman–Crippen MR) is 68.8 cm³/mol. The van der Waals surface area contributed by atoms with Gasteiger partial charge in [0.1, 0.15) is 5.84 Å². The van der Waals surface area contributed by atoms with Gasteiger partial charge >= 0.3 is 0 Å². The minimum atomic E-state index is -3.77. The molecular weight excluding hydrogens is 254 g/mol. The highest BCUT2D eigenvalue weighted by molar-refractivity contribution is 7.89. The molecule has 0 bridgehead atoms. The summed E-state index contributed by atoms with van der Waals surface area (Å²) in [4.78, 5) is 3.80. The third-order valence-corrected chi connectivity index (χ3v) is 4.43. The molecule has 0 aliphatic carbocycles. The molecule has 1 aromatic heterocycles.